The maximum absolute atomic E-state index is 17.2. The highest BCUT2D eigenvalue weighted by Crippen LogP contribution is 2.50. The number of nitrogens with zero attached hydrogens (tertiary/aromatic N) is 6. The fourth-order valence-electron chi connectivity index (χ4n) is 8.90. The molecule has 0 radical (unpaired) electrons. The van der Waals surface area contributed by atoms with Gasteiger partial charge in [0.25, 0.3) is 6.08 Å². The molecule has 2 bridgehead atoms. The van der Waals surface area contributed by atoms with Crippen molar-refractivity contribution in [3.63, 3.8) is 0 Å². The number of nitriles is 1. The number of nitrogen functional groups attached to an aromatic ring is 1. The predicted octanol–water partition coefficient (Wildman–Crippen LogP) is 6.11. The molecule has 4 fully saturated rings. The van der Waals surface area contributed by atoms with Crippen molar-refractivity contribution in [1.29, 1.82) is 5.26 Å². The molecule has 3 N–H and O–H groups in total. The molecule has 5 aliphatic heterocycles. The van der Waals surface area contributed by atoms with Crippen molar-refractivity contribution in [2.24, 2.45) is 0 Å². The third kappa shape index (κ3) is 4.85. The standard InChI is InChI=1S/C34H32F6N8O/c1-15-8-21-20-5-4-18(43-20)13-48(21)31-25-23(15)19(11-41)24(28-26(34(38,39)40)16(2)9-22(42)44-28)27(35)29(25)45-32(46-31)49-14-33-6-3-7-47(33)12-17(10-33)30(36)37/h9,18,20-21,43H,1,3-8,10,12-14H2,2H3,(H2,42,44)/t18-,20-,21+,33+/m1/s1. The predicted molar refractivity (Wildman–Crippen MR) is 169 cm³/mol. The van der Waals surface area contributed by atoms with E-state index in [0.29, 0.717) is 31.5 Å². The van der Waals surface area contributed by atoms with Crippen molar-refractivity contribution >= 4 is 28.1 Å². The Morgan fingerprint density at radius 3 is 2.76 bits per heavy atom. The number of fused-ring (bicyclic) bond motifs is 6. The first-order valence-electron chi connectivity index (χ1n) is 16.2. The van der Waals surface area contributed by atoms with Crippen LogP contribution < -0.4 is 20.7 Å². The summed E-state index contributed by atoms with van der Waals surface area (Å²) in [6.45, 7) is 6.64. The summed E-state index contributed by atoms with van der Waals surface area (Å²) in [7, 11) is 0. The van der Waals surface area contributed by atoms with Crippen molar-refractivity contribution in [2.75, 3.05) is 36.9 Å². The summed E-state index contributed by atoms with van der Waals surface area (Å²) in [5.41, 5.74) is 2.07. The minimum atomic E-state index is -4.96. The third-order valence-corrected chi connectivity index (χ3v) is 11.0. The molecule has 0 unspecified atom stereocenters. The van der Waals surface area contributed by atoms with Gasteiger partial charge in [0.15, 0.2) is 5.82 Å². The van der Waals surface area contributed by atoms with Crippen LogP contribution in [0, 0.1) is 24.1 Å². The summed E-state index contributed by atoms with van der Waals surface area (Å²) in [6.07, 6.45) is -3.09. The Morgan fingerprint density at radius 1 is 1.22 bits per heavy atom. The lowest BCUT2D eigenvalue weighted by atomic mass is 9.87. The minimum absolute atomic E-state index is 0.0225. The van der Waals surface area contributed by atoms with Gasteiger partial charge in [-0.3, -0.25) is 4.90 Å². The number of piperazine rings is 1. The molecular formula is C34H32F6N8O. The first-order chi connectivity index (χ1) is 23.3. The number of alkyl halides is 3. The van der Waals surface area contributed by atoms with E-state index in [2.05, 4.69) is 21.9 Å². The highest BCUT2D eigenvalue weighted by atomic mass is 19.4. The van der Waals surface area contributed by atoms with Crippen LogP contribution in [0.25, 0.3) is 27.7 Å². The van der Waals surface area contributed by atoms with E-state index in [1.165, 1.54) is 6.92 Å². The van der Waals surface area contributed by atoms with Gasteiger partial charge in [0.1, 0.15) is 29.8 Å². The van der Waals surface area contributed by atoms with E-state index >= 15 is 4.39 Å². The highest BCUT2D eigenvalue weighted by Gasteiger charge is 2.49. The van der Waals surface area contributed by atoms with Crippen molar-refractivity contribution in [2.45, 2.75) is 75.3 Å². The number of aryl methyl sites for hydroxylation is 1. The molecule has 4 atom stereocenters. The lowest BCUT2D eigenvalue weighted by molar-refractivity contribution is -0.137. The summed E-state index contributed by atoms with van der Waals surface area (Å²) in [5.74, 6) is -1.20. The normalized spacial score (nSPS) is 26.2. The van der Waals surface area contributed by atoms with Crippen LogP contribution in [-0.4, -0.2) is 69.8 Å². The second-order valence-electron chi connectivity index (χ2n) is 13.8. The van der Waals surface area contributed by atoms with Gasteiger partial charge in [-0.25, -0.2) is 9.37 Å². The molecule has 0 saturated carbocycles. The van der Waals surface area contributed by atoms with Gasteiger partial charge in [-0.1, -0.05) is 6.58 Å². The monoisotopic (exact) mass is 682 g/mol. The van der Waals surface area contributed by atoms with Crippen molar-refractivity contribution < 1.29 is 31.1 Å². The number of nitrogens with two attached hydrogens (primary N) is 1. The van der Waals surface area contributed by atoms with Crippen LogP contribution in [0.1, 0.15) is 60.8 Å². The van der Waals surface area contributed by atoms with Crippen LogP contribution in [0.5, 0.6) is 6.01 Å². The fourth-order valence-corrected chi connectivity index (χ4v) is 8.90. The van der Waals surface area contributed by atoms with Crippen molar-refractivity contribution in [3.05, 3.63) is 52.4 Å². The van der Waals surface area contributed by atoms with Crippen molar-refractivity contribution in [1.82, 2.24) is 25.2 Å². The van der Waals surface area contributed by atoms with Gasteiger partial charge in [-0.2, -0.15) is 37.2 Å². The van der Waals surface area contributed by atoms with E-state index < -0.39 is 40.4 Å². The number of pyridine rings is 1. The van der Waals surface area contributed by atoms with Crippen LogP contribution >= 0.6 is 0 Å². The zero-order chi connectivity index (χ0) is 34.6. The Morgan fingerprint density at radius 2 is 2.02 bits per heavy atom. The molecule has 0 spiro atoms. The van der Waals surface area contributed by atoms with Crippen molar-refractivity contribution in [3.8, 4) is 23.3 Å². The number of rotatable bonds is 4. The van der Waals surface area contributed by atoms with Gasteiger partial charge in [0, 0.05) is 42.4 Å². The lowest BCUT2D eigenvalue weighted by Crippen LogP contribution is -2.58. The number of ether oxygens (including phenoxy) is 1. The first kappa shape index (κ1) is 31.8. The van der Waals surface area contributed by atoms with Gasteiger partial charge in [-0.15, -0.1) is 0 Å². The molecule has 7 heterocycles. The molecule has 3 aromatic rings. The Hall–Kier alpha value is -4.42. The number of nitrogens with one attached hydrogen (secondary N) is 1. The number of benzene rings is 1. The number of halogens is 6. The number of hydrogen-bond donors (Lipinski definition) is 2. The van der Waals surface area contributed by atoms with Crippen LogP contribution in [0.3, 0.4) is 0 Å². The fraction of sp³-hybridized carbons (Fsp3) is 0.471. The molecule has 0 amide bonds. The lowest BCUT2D eigenvalue weighted by Gasteiger charge is -2.41. The molecule has 4 saturated heterocycles. The van der Waals surface area contributed by atoms with Crippen LogP contribution in [0.15, 0.2) is 24.3 Å². The average Bonchev–Trinajstić information content (AvgIpc) is 3.70. The van der Waals surface area contributed by atoms with E-state index in [9.17, 15) is 27.2 Å². The van der Waals surface area contributed by atoms with Crippen LogP contribution in [-0.2, 0) is 6.18 Å². The van der Waals surface area contributed by atoms with E-state index in [4.69, 9.17) is 15.5 Å². The Labute approximate surface area is 277 Å². The molecule has 49 heavy (non-hydrogen) atoms. The molecule has 0 aliphatic carbocycles. The molecular weight excluding hydrogens is 650 g/mol. The zero-order valence-electron chi connectivity index (χ0n) is 26.5. The second kappa shape index (κ2) is 11.0. The number of hydrogen-bond acceptors (Lipinski definition) is 9. The third-order valence-electron chi connectivity index (χ3n) is 11.0. The van der Waals surface area contributed by atoms with Gasteiger partial charge < -0.3 is 20.7 Å². The molecule has 15 heteroatoms. The van der Waals surface area contributed by atoms with E-state index in [1.807, 2.05) is 15.9 Å². The zero-order valence-corrected chi connectivity index (χ0v) is 26.5. The topological polar surface area (TPSA) is 116 Å². The van der Waals surface area contributed by atoms with Gasteiger partial charge in [0.05, 0.1) is 33.3 Å². The van der Waals surface area contributed by atoms with Gasteiger partial charge in [-0.05, 0) is 69.2 Å². The SMILES string of the molecule is C=C1C[C@H]2[C@H]3CC[C@H](CN2c2nc(OC[C@@]45CCCN4CC(=C(F)F)C5)nc4c(F)c(-c5nc(N)cc(C)c5C(F)(F)F)c(C#N)c1c24)N3. The summed E-state index contributed by atoms with van der Waals surface area (Å²) in [5, 5.41) is 14.3. The first-order valence-corrected chi connectivity index (χ1v) is 16.2. The van der Waals surface area contributed by atoms with E-state index in [-0.39, 0.29) is 88.5 Å². The molecule has 2 aromatic heterocycles. The van der Waals surface area contributed by atoms with Crippen LogP contribution in [0.4, 0.5) is 38.0 Å². The van der Waals surface area contributed by atoms with E-state index in [0.717, 1.165) is 25.3 Å². The maximum atomic E-state index is 17.2. The summed E-state index contributed by atoms with van der Waals surface area (Å²) >= 11 is 0. The maximum Gasteiger partial charge on any atom is 0.418 e. The second-order valence-corrected chi connectivity index (χ2v) is 13.8. The molecule has 9 nitrogen and oxygen atoms in total. The van der Waals surface area contributed by atoms with Crippen LogP contribution in [0.2, 0.25) is 0 Å². The largest absolute Gasteiger partial charge is 0.461 e. The Balaban J connectivity index is 1.37. The average molecular weight is 683 g/mol. The molecule has 5 aliphatic rings. The summed E-state index contributed by atoms with van der Waals surface area (Å²) in [4.78, 5) is 17.2. The summed E-state index contributed by atoms with van der Waals surface area (Å²) < 4.78 is 94.4. The molecule has 8 rings (SSSR count). The molecule has 1 aromatic carbocycles. The Bertz CT molecular complexity index is 2020. The van der Waals surface area contributed by atoms with Gasteiger partial charge >= 0.3 is 12.2 Å². The smallest absolute Gasteiger partial charge is 0.418 e. The Kier molecular flexibility index (Phi) is 7.17. The van der Waals surface area contributed by atoms with E-state index in [1.54, 1.807) is 0 Å². The quantitative estimate of drug-likeness (QED) is 0.315. The molecule has 256 valence electrons. The summed E-state index contributed by atoms with van der Waals surface area (Å²) in [6, 6.07) is 2.70. The van der Waals surface area contributed by atoms with Gasteiger partial charge in [0.2, 0.25) is 0 Å². The minimum Gasteiger partial charge on any atom is -0.461 e. The number of anilines is 2. The highest BCUT2D eigenvalue weighted by molar-refractivity contribution is 6.06. The number of aromatic nitrogens is 3.